The molecule has 0 bridgehead atoms. The van der Waals surface area contributed by atoms with Crippen LogP contribution in [0.15, 0.2) is 24.3 Å². The number of nitrogens with zero attached hydrogens (tertiary/aromatic N) is 3. The molecule has 0 saturated heterocycles. The molecular formula is C14H18N4. The van der Waals surface area contributed by atoms with Gasteiger partial charge in [-0.2, -0.15) is 0 Å². The summed E-state index contributed by atoms with van der Waals surface area (Å²) in [5.74, 6) is 2.41. The van der Waals surface area contributed by atoms with Crippen molar-refractivity contribution in [2.45, 2.75) is 25.2 Å². The number of nitrogens with one attached hydrogen (secondary N) is 1. The van der Waals surface area contributed by atoms with Crippen LogP contribution in [0.2, 0.25) is 0 Å². The van der Waals surface area contributed by atoms with E-state index in [1.54, 1.807) is 0 Å². The quantitative estimate of drug-likeness (QED) is 0.877. The topological polar surface area (TPSA) is 42.7 Å². The van der Waals surface area contributed by atoms with Crippen molar-refractivity contribution in [3.05, 3.63) is 41.2 Å². The zero-order valence-electron chi connectivity index (χ0n) is 10.8. The van der Waals surface area contributed by atoms with E-state index >= 15 is 0 Å². The Morgan fingerprint density at radius 1 is 1.22 bits per heavy atom. The van der Waals surface area contributed by atoms with Crippen LogP contribution in [0.5, 0.6) is 0 Å². The molecule has 0 amide bonds. The first-order valence-corrected chi connectivity index (χ1v) is 6.43. The maximum atomic E-state index is 4.33. The average Bonchev–Trinajstić information content (AvgIpc) is 2.79. The van der Waals surface area contributed by atoms with Crippen LogP contribution in [0, 0.1) is 0 Å². The Morgan fingerprint density at radius 2 is 2.00 bits per heavy atom. The van der Waals surface area contributed by atoms with Crippen LogP contribution in [-0.4, -0.2) is 21.8 Å². The molecule has 1 aliphatic carbocycles. The second-order valence-corrected chi connectivity index (χ2v) is 4.90. The van der Waals surface area contributed by atoms with Crippen molar-refractivity contribution >= 4 is 5.95 Å². The predicted octanol–water partition coefficient (Wildman–Crippen LogP) is 2.13. The van der Waals surface area contributed by atoms with E-state index in [4.69, 9.17) is 0 Å². The molecule has 0 fully saturated rings. The van der Waals surface area contributed by atoms with Gasteiger partial charge in [0.2, 0.25) is 5.95 Å². The van der Waals surface area contributed by atoms with Crippen LogP contribution in [0.1, 0.15) is 29.3 Å². The Morgan fingerprint density at radius 3 is 2.72 bits per heavy atom. The number of rotatable bonds is 2. The molecule has 1 heterocycles. The molecule has 1 aromatic carbocycles. The molecule has 0 spiro atoms. The normalized spacial score (nSPS) is 18.4. The summed E-state index contributed by atoms with van der Waals surface area (Å²) in [4.78, 5) is 0. The highest BCUT2D eigenvalue weighted by molar-refractivity contribution is 5.33. The first-order chi connectivity index (χ1) is 8.79. The second kappa shape index (κ2) is 4.44. The molecule has 2 aromatic rings. The van der Waals surface area contributed by atoms with Crippen molar-refractivity contribution in [2.24, 2.45) is 7.05 Å². The molecule has 1 unspecified atom stereocenters. The Hall–Kier alpha value is -1.84. The molecule has 18 heavy (non-hydrogen) atoms. The van der Waals surface area contributed by atoms with Gasteiger partial charge in [0.05, 0.1) is 0 Å². The van der Waals surface area contributed by atoms with Crippen LogP contribution in [0.25, 0.3) is 0 Å². The van der Waals surface area contributed by atoms with E-state index in [1.165, 1.54) is 11.1 Å². The van der Waals surface area contributed by atoms with E-state index in [0.717, 1.165) is 31.0 Å². The third kappa shape index (κ3) is 1.78. The third-order valence-electron chi connectivity index (χ3n) is 3.84. The molecular weight excluding hydrogens is 224 g/mol. The molecule has 1 aromatic heterocycles. The Labute approximate surface area is 107 Å². The summed E-state index contributed by atoms with van der Waals surface area (Å²) in [7, 11) is 3.91. The van der Waals surface area contributed by atoms with E-state index in [-0.39, 0.29) is 0 Å². The molecule has 0 saturated carbocycles. The minimum atomic E-state index is 0.486. The lowest BCUT2D eigenvalue weighted by atomic mass is 9.83. The van der Waals surface area contributed by atoms with Gasteiger partial charge >= 0.3 is 0 Å². The monoisotopic (exact) mass is 242 g/mol. The summed E-state index contributed by atoms with van der Waals surface area (Å²) in [5.41, 5.74) is 2.95. The smallest absolute Gasteiger partial charge is 0.224 e. The van der Waals surface area contributed by atoms with Crippen molar-refractivity contribution < 1.29 is 0 Å². The molecule has 1 atom stereocenters. The second-order valence-electron chi connectivity index (χ2n) is 4.90. The van der Waals surface area contributed by atoms with Gasteiger partial charge < -0.3 is 9.88 Å². The summed E-state index contributed by atoms with van der Waals surface area (Å²) >= 11 is 0. The Kier molecular flexibility index (Phi) is 2.78. The van der Waals surface area contributed by atoms with Crippen LogP contribution >= 0.6 is 0 Å². The fourth-order valence-electron chi connectivity index (χ4n) is 2.83. The Bertz CT molecular complexity index is 559. The summed E-state index contributed by atoms with van der Waals surface area (Å²) in [6, 6.07) is 8.72. The van der Waals surface area contributed by atoms with Crippen LogP contribution in [-0.2, 0) is 19.9 Å². The molecule has 4 nitrogen and oxygen atoms in total. The lowest BCUT2D eigenvalue weighted by Gasteiger charge is -2.23. The van der Waals surface area contributed by atoms with Gasteiger partial charge in [0.15, 0.2) is 0 Å². The van der Waals surface area contributed by atoms with Gasteiger partial charge in [0, 0.05) is 20.0 Å². The summed E-state index contributed by atoms with van der Waals surface area (Å²) in [6.45, 7) is 0. The lowest BCUT2D eigenvalue weighted by Crippen LogP contribution is -2.16. The van der Waals surface area contributed by atoms with E-state index < -0.39 is 0 Å². The van der Waals surface area contributed by atoms with Gasteiger partial charge in [-0.15, -0.1) is 10.2 Å². The fraction of sp³-hybridized carbons (Fsp3) is 0.429. The Balaban J connectivity index is 1.89. The number of aromatic nitrogens is 3. The minimum Gasteiger partial charge on any atom is -0.357 e. The largest absolute Gasteiger partial charge is 0.357 e. The maximum absolute atomic E-state index is 4.33. The maximum Gasteiger partial charge on any atom is 0.224 e. The minimum absolute atomic E-state index is 0.486. The highest BCUT2D eigenvalue weighted by Gasteiger charge is 2.24. The molecule has 1 N–H and O–H groups in total. The molecule has 3 rings (SSSR count). The number of hydrogen-bond acceptors (Lipinski definition) is 3. The van der Waals surface area contributed by atoms with E-state index in [2.05, 4.69) is 44.3 Å². The summed E-state index contributed by atoms with van der Waals surface area (Å²) in [5, 5.41) is 11.6. The highest BCUT2D eigenvalue weighted by atomic mass is 15.3. The standard InChI is InChI=1S/C14H18N4/c1-15-14-17-16-13(18(14)2)12-8-7-10-5-3-4-6-11(10)9-12/h3-6,12H,7-9H2,1-2H3,(H,15,17). The number of benzene rings is 1. The number of fused-ring (bicyclic) bond motifs is 1. The van der Waals surface area contributed by atoms with Gasteiger partial charge in [-0.1, -0.05) is 24.3 Å². The molecule has 0 radical (unpaired) electrons. The fourth-order valence-corrected chi connectivity index (χ4v) is 2.83. The highest BCUT2D eigenvalue weighted by Crippen LogP contribution is 2.31. The van der Waals surface area contributed by atoms with Crippen molar-refractivity contribution in [2.75, 3.05) is 12.4 Å². The van der Waals surface area contributed by atoms with E-state index in [9.17, 15) is 0 Å². The van der Waals surface area contributed by atoms with Crippen LogP contribution < -0.4 is 5.32 Å². The van der Waals surface area contributed by atoms with Gasteiger partial charge in [0.1, 0.15) is 5.82 Å². The first kappa shape index (κ1) is 11.3. The van der Waals surface area contributed by atoms with Crippen molar-refractivity contribution in [1.82, 2.24) is 14.8 Å². The predicted molar refractivity (Wildman–Crippen MR) is 71.8 cm³/mol. The average molecular weight is 242 g/mol. The summed E-state index contributed by atoms with van der Waals surface area (Å²) < 4.78 is 2.07. The van der Waals surface area contributed by atoms with Crippen molar-refractivity contribution in [3.8, 4) is 0 Å². The third-order valence-corrected chi connectivity index (χ3v) is 3.84. The van der Waals surface area contributed by atoms with Gasteiger partial charge in [0.25, 0.3) is 0 Å². The molecule has 94 valence electrons. The van der Waals surface area contributed by atoms with E-state index in [1.807, 2.05) is 14.1 Å². The SMILES string of the molecule is CNc1nnc(C2CCc3ccccc3C2)n1C. The van der Waals surface area contributed by atoms with Crippen molar-refractivity contribution in [3.63, 3.8) is 0 Å². The van der Waals surface area contributed by atoms with Gasteiger partial charge in [-0.3, -0.25) is 0 Å². The van der Waals surface area contributed by atoms with E-state index in [0.29, 0.717) is 5.92 Å². The lowest BCUT2D eigenvalue weighted by molar-refractivity contribution is 0.537. The summed E-state index contributed by atoms with van der Waals surface area (Å²) in [6.07, 6.45) is 3.38. The van der Waals surface area contributed by atoms with Gasteiger partial charge in [-0.25, -0.2) is 0 Å². The molecule has 0 aliphatic heterocycles. The zero-order valence-corrected chi connectivity index (χ0v) is 10.8. The molecule has 1 aliphatic rings. The number of aryl methyl sites for hydroxylation is 1. The first-order valence-electron chi connectivity index (χ1n) is 6.43. The van der Waals surface area contributed by atoms with Gasteiger partial charge in [-0.05, 0) is 30.4 Å². The zero-order chi connectivity index (χ0) is 12.5. The van der Waals surface area contributed by atoms with Crippen molar-refractivity contribution in [1.29, 1.82) is 0 Å². The molecule has 4 heteroatoms. The number of anilines is 1. The number of hydrogen-bond donors (Lipinski definition) is 1. The van der Waals surface area contributed by atoms with Crippen LogP contribution in [0.3, 0.4) is 0 Å². The van der Waals surface area contributed by atoms with Crippen LogP contribution in [0.4, 0.5) is 5.95 Å².